The summed E-state index contributed by atoms with van der Waals surface area (Å²) in [6.45, 7) is 6.54. The van der Waals surface area contributed by atoms with Gasteiger partial charge in [0.05, 0.1) is 12.7 Å². The summed E-state index contributed by atoms with van der Waals surface area (Å²) in [5.74, 6) is 0.462. The van der Waals surface area contributed by atoms with E-state index in [9.17, 15) is 8.42 Å². The Kier molecular flexibility index (Phi) is 4.52. The minimum absolute atomic E-state index is 0.131. The molecule has 146 valence electrons. The molecule has 0 N–H and O–H groups in total. The normalized spacial score (nSPS) is 25.5. The molecule has 1 saturated heterocycles. The zero-order chi connectivity index (χ0) is 19.2. The monoisotopic (exact) mass is 390 g/mol. The molecule has 7 nitrogen and oxygen atoms in total. The van der Waals surface area contributed by atoms with Gasteiger partial charge in [-0.05, 0) is 26.0 Å². The summed E-state index contributed by atoms with van der Waals surface area (Å²) in [7, 11) is -1.67. The van der Waals surface area contributed by atoms with Crippen molar-refractivity contribution in [1.29, 1.82) is 0 Å². The predicted molar refractivity (Wildman–Crippen MR) is 102 cm³/mol. The van der Waals surface area contributed by atoms with Gasteiger partial charge in [-0.25, -0.2) is 8.42 Å². The van der Waals surface area contributed by atoms with Crippen molar-refractivity contribution in [3.05, 3.63) is 42.2 Å². The van der Waals surface area contributed by atoms with Crippen LogP contribution in [0.3, 0.4) is 0 Å². The molecular weight excluding hydrogens is 364 g/mol. The fourth-order valence-corrected chi connectivity index (χ4v) is 5.88. The second kappa shape index (κ2) is 6.61. The standard InChI is InChI=1S/C19H26N4O3S/c1-15(2)23-14-19(26-17-6-4-5-7-18(17)27(23,24)25)8-9-22(13-19)12-16-10-20-21(3)11-16/h4-7,10-11,15H,8-9,12-14H2,1-3H3/t19-/m0/s1. The minimum Gasteiger partial charge on any atom is -0.483 e. The summed E-state index contributed by atoms with van der Waals surface area (Å²) >= 11 is 0. The maximum absolute atomic E-state index is 13.2. The molecule has 1 atom stereocenters. The molecule has 0 radical (unpaired) electrons. The minimum atomic E-state index is -3.58. The van der Waals surface area contributed by atoms with E-state index >= 15 is 0 Å². The Labute approximate surface area is 160 Å². The van der Waals surface area contributed by atoms with Crippen molar-refractivity contribution in [3.8, 4) is 5.75 Å². The highest BCUT2D eigenvalue weighted by atomic mass is 32.2. The molecule has 0 amide bonds. The summed E-state index contributed by atoms with van der Waals surface area (Å²) in [5, 5.41) is 4.23. The lowest BCUT2D eigenvalue weighted by atomic mass is 10.0. The van der Waals surface area contributed by atoms with Crippen LogP contribution in [-0.4, -0.2) is 58.7 Å². The number of aryl methyl sites for hydroxylation is 1. The van der Waals surface area contributed by atoms with Crippen molar-refractivity contribution in [2.45, 2.75) is 43.4 Å². The molecule has 1 aromatic heterocycles. The van der Waals surface area contributed by atoms with Gasteiger partial charge in [0.15, 0.2) is 0 Å². The molecule has 1 aromatic carbocycles. The van der Waals surface area contributed by atoms with Crippen molar-refractivity contribution >= 4 is 10.0 Å². The summed E-state index contributed by atoms with van der Waals surface area (Å²) in [4.78, 5) is 2.58. The number of hydrogen-bond acceptors (Lipinski definition) is 5. The molecule has 2 aliphatic rings. The van der Waals surface area contributed by atoms with Gasteiger partial charge >= 0.3 is 0 Å². The zero-order valence-electron chi connectivity index (χ0n) is 16.0. The second-order valence-electron chi connectivity index (χ2n) is 7.86. The van der Waals surface area contributed by atoms with Gasteiger partial charge in [-0.2, -0.15) is 9.40 Å². The van der Waals surface area contributed by atoms with Crippen molar-refractivity contribution < 1.29 is 13.2 Å². The summed E-state index contributed by atoms with van der Waals surface area (Å²) in [5.41, 5.74) is 0.614. The van der Waals surface area contributed by atoms with E-state index in [1.165, 1.54) is 0 Å². The van der Waals surface area contributed by atoms with E-state index in [2.05, 4.69) is 10.00 Å². The first-order valence-corrected chi connectivity index (χ1v) is 10.7. The lowest BCUT2D eigenvalue weighted by Gasteiger charge is -2.33. The molecule has 27 heavy (non-hydrogen) atoms. The van der Waals surface area contributed by atoms with Gasteiger partial charge < -0.3 is 4.74 Å². The Morgan fingerprint density at radius 3 is 2.74 bits per heavy atom. The van der Waals surface area contributed by atoms with E-state index in [1.807, 2.05) is 39.4 Å². The molecule has 0 aliphatic carbocycles. The molecule has 2 aliphatic heterocycles. The molecule has 8 heteroatoms. The molecule has 1 fully saturated rings. The number of ether oxygens (including phenoxy) is 1. The van der Waals surface area contributed by atoms with Crippen molar-refractivity contribution in [2.75, 3.05) is 19.6 Å². The van der Waals surface area contributed by atoms with Crippen LogP contribution < -0.4 is 4.74 Å². The molecule has 4 rings (SSSR count). The topological polar surface area (TPSA) is 67.7 Å². The van der Waals surface area contributed by atoms with Gasteiger partial charge in [-0.15, -0.1) is 0 Å². The van der Waals surface area contributed by atoms with Gasteiger partial charge in [0.25, 0.3) is 0 Å². The van der Waals surface area contributed by atoms with E-state index < -0.39 is 15.6 Å². The smallest absolute Gasteiger partial charge is 0.247 e. The quantitative estimate of drug-likeness (QED) is 0.800. The number of fused-ring (bicyclic) bond motifs is 1. The van der Waals surface area contributed by atoms with Crippen LogP contribution in [0.15, 0.2) is 41.6 Å². The van der Waals surface area contributed by atoms with Crippen LogP contribution in [-0.2, 0) is 23.6 Å². The fraction of sp³-hybridized carbons (Fsp3) is 0.526. The van der Waals surface area contributed by atoms with Gasteiger partial charge in [0.1, 0.15) is 16.2 Å². The molecule has 2 aromatic rings. The second-order valence-corrected chi connectivity index (χ2v) is 9.72. The van der Waals surface area contributed by atoms with Crippen LogP contribution in [0.1, 0.15) is 25.8 Å². The first kappa shape index (κ1) is 18.5. The highest BCUT2D eigenvalue weighted by molar-refractivity contribution is 7.89. The SMILES string of the molecule is CC(C)N1C[C@@]2(CCN(Cc3cnn(C)c3)C2)Oc2ccccc2S1(=O)=O. The molecular formula is C19H26N4O3S. The number of likely N-dealkylation sites (tertiary alicyclic amines) is 1. The number of nitrogens with zero attached hydrogens (tertiary/aromatic N) is 4. The Morgan fingerprint density at radius 2 is 2.04 bits per heavy atom. The Balaban J connectivity index is 1.65. The van der Waals surface area contributed by atoms with Crippen LogP contribution in [0.25, 0.3) is 0 Å². The summed E-state index contributed by atoms with van der Waals surface area (Å²) in [6, 6.07) is 6.85. The maximum atomic E-state index is 13.2. The van der Waals surface area contributed by atoms with Gasteiger partial charge in [-0.3, -0.25) is 9.58 Å². The molecule has 0 bridgehead atoms. The fourth-order valence-electron chi connectivity index (χ4n) is 4.06. The van der Waals surface area contributed by atoms with Crippen LogP contribution in [0.4, 0.5) is 0 Å². The van der Waals surface area contributed by atoms with Crippen molar-refractivity contribution in [1.82, 2.24) is 19.0 Å². The highest BCUT2D eigenvalue weighted by Gasteiger charge is 2.48. The van der Waals surface area contributed by atoms with Crippen molar-refractivity contribution in [3.63, 3.8) is 0 Å². The number of sulfonamides is 1. The summed E-state index contributed by atoms with van der Waals surface area (Å²) < 4.78 is 36.2. The number of rotatable bonds is 3. The van der Waals surface area contributed by atoms with Crippen LogP contribution in [0, 0.1) is 0 Å². The van der Waals surface area contributed by atoms with Gasteiger partial charge in [0, 0.05) is 50.9 Å². The lowest BCUT2D eigenvalue weighted by molar-refractivity contribution is 0.0532. The first-order chi connectivity index (χ1) is 12.8. The molecule has 0 saturated carbocycles. The maximum Gasteiger partial charge on any atom is 0.247 e. The number of benzene rings is 1. The Bertz CT molecular complexity index is 940. The van der Waals surface area contributed by atoms with Gasteiger partial charge in [-0.1, -0.05) is 12.1 Å². The number of aromatic nitrogens is 2. The van der Waals surface area contributed by atoms with E-state index in [0.717, 1.165) is 25.1 Å². The van der Waals surface area contributed by atoms with Crippen LogP contribution in [0.5, 0.6) is 5.75 Å². The van der Waals surface area contributed by atoms with E-state index in [-0.39, 0.29) is 10.9 Å². The van der Waals surface area contributed by atoms with E-state index in [1.54, 1.807) is 27.2 Å². The lowest BCUT2D eigenvalue weighted by Crippen LogP contribution is -2.51. The predicted octanol–water partition coefficient (Wildman–Crippen LogP) is 1.86. The third-order valence-electron chi connectivity index (χ3n) is 5.34. The van der Waals surface area contributed by atoms with Crippen LogP contribution in [0.2, 0.25) is 0 Å². The average Bonchev–Trinajstić information content (AvgIpc) is 3.17. The third kappa shape index (κ3) is 3.37. The number of hydrogen-bond donors (Lipinski definition) is 0. The largest absolute Gasteiger partial charge is 0.483 e. The zero-order valence-corrected chi connectivity index (χ0v) is 16.8. The van der Waals surface area contributed by atoms with Gasteiger partial charge in [0.2, 0.25) is 10.0 Å². The van der Waals surface area contributed by atoms with Crippen molar-refractivity contribution in [2.24, 2.45) is 7.05 Å². The highest BCUT2D eigenvalue weighted by Crippen LogP contribution is 2.39. The first-order valence-electron chi connectivity index (χ1n) is 9.29. The number of para-hydroxylation sites is 1. The van der Waals surface area contributed by atoms with Crippen LogP contribution >= 0.6 is 0 Å². The van der Waals surface area contributed by atoms with E-state index in [4.69, 9.17) is 4.74 Å². The third-order valence-corrected chi connectivity index (χ3v) is 7.40. The molecule has 3 heterocycles. The molecule has 1 spiro atoms. The van der Waals surface area contributed by atoms with E-state index in [0.29, 0.717) is 18.8 Å². The average molecular weight is 391 g/mol. The molecule has 0 unspecified atom stereocenters. The Hall–Kier alpha value is -1.90. The Morgan fingerprint density at radius 1 is 1.26 bits per heavy atom. The summed E-state index contributed by atoms with van der Waals surface area (Å²) in [6.07, 6.45) is 4.68.